The third-order valence-electron chi connectivity index (χ3n) is 1.79. The van der Waals surface area contributed by atoms with Crippen LogP contribution in [0.15, 0.2) is 0 Å². The van der Waals surface area contributed by atoms with Gasteiger partial charge in [0, 0.05) is 14.1 Å². The number of methoxy groups -OCH3 is 1. The van der Waals surface area contributed by atoms with Crippen molar-refractivity contribution < 1.29 is 9.53 Å². The van der Waals surface area contributed by atoms with Gasteiger partial charge >= 0.3 is 5.97 Å². The number of anilines is 1. The summed E-state index contributed by atoms with van der Waals surface area (Å²) >= 11 is 4.94. The topological polar surface area (TPSA) is 63.1 Å². The molecule has 1 aromatic heterocycles. The Morgan fingerprint density at radius 1 is 1.79 bits per heavy atom. The fourth-order valence-corrected chi connectivity index (χ4v) is 1.14. The minimum atomic E-state index is -0.318. The fourth-order valence-electron chi connectivity index (χ4n) is 1.01. The van der Waals surface area contributed by atoms with Gasteiger partial charge in [-0.1, -0.05) is 0 Å². The summed E-state index contributed by atoms with van der Waals surface area (Å²) in [6.07, 6.45) is 0. The lowest BCUT2D eigenvalue weighted by Gasteiger charge is -2.15. The Hall–Kier alpha value is -1.37. The number of nitrogens with zero attached hydrogens (tertiary/aromatic N) is 3. The molecule has 1 heterocycles. The summed E-state index contributed by atoms with van der Waals surface area (Å²) in [4.78, 5) is 12.6. The summed E-state index contributed by atoms with van der Waals surface area (Å²) in [6.45, 7) is 0.143. The molecule has 0 saturated heterocycles. The van der Waals surface area contributed by atoms with E-state index in [9.17, 15) is 4.79 Å². The quantitative estimate of drug-likeness (QED) is 0.573. The first-order valence-electron chi connectivity index (χ1n) is 3.95. The molecule has 1 aromatic rings. The second-order valence-electron chi connectivity index (χ2n) is 2.82. The van der Waals surface area contributed by atoms with Crippen LogP contribution in [0.1, 0.15) is 0 Å². The number of aromatic nitrogens is 3. The van der Waals surface area contributed by atoms with Crippen molar-refractivity contribution in [2.24, 2.45) is 7.05 Å². The molecule has 0 unspecified atom stereocenters. The van der Waals surface area contributed by atoms with Gasteiger partial charge in [-0.2, -0.15) is 0 Å². The van der Waals surface area contributed by atoms with Crippen LogP contribution in [0.5, 0.6) is 0 Å². The Labute approximate surface area is 86.5 Å². The number of nitrogens with one attached hydrogen (secondary N) is 1. The Balaban J connectivity index is 2.79. The zero-order valence-corrected chi connectivity index (χ0v) is 9.09. The van der Waals surface area contributed by atoms with E-state index in [1.165, 1.54) is 7.11 Å². The van der Waals surface area contributed by atoms with Crippen molar-refractivity contribution in [2.45, 2.75) is 0 Å². The monoisotopic (exact) mass is 216 g/mol. The van der Waals surface area contributed by atoms with Crippen molar-refractivity contribution in [3.63, 3.8) is 0 Å². The van der Waals surface area contributed by atoms with Gasteiger partial charge in [-0.25, -0.2) is 5.10 Å². The molecule has 6 nitrogen and oxygen atoms in total. The van der Waals surface area contributed by atoms with Crippen molar-refractivity contribution in [1.29, 1.82) is 0 Å². The lowest BCUT2D eigenvalue weighted by molar-refractivity contribution is -0.138. The third-order valence-corrected chi connectivity index (χ3v) is 2.16. The van der Waals surface area contributed by atoms with Crippen LogP contribution in [0.4, 0.5) is 5.95 Å². The molecule has 0 spiro atoms. The van der Waals surface area contributed by atoms with Gasteiger partial charge in [0.2, 0.25) is 5.95 Å². The van der Waals surface area contributed by atoms with Crippen molar-refractivity contribution >= 4 is 24.1 Å². The van der Waals surface area contributed by atoms with Crippen LogP contribution < -0.4 is 4.90 Å². The summed E-state index contributed by atoms with van der Waals surface area (Å²) in [7, 11) is 4.86. The van der Waals surface area contributed by atoms with E-state index < -0.39 is 0 Å². The third kappa shape index (κ3) is 2.11. The maximum absolute atomic E-state index is 11.0. The SMILES string of the molecule is COC(=O)CN(C)c1n[nH]c(=S)n1C. The van der Waals surface area contributed by atoms with Crippen LogP contribution in [0, 0.1) is 4.77 Å². The zero-order valence-electron chi connectivity index (χ0n) is 8.27. The predicted octanol–water partition coefficient (Wildman–Crippen LogP) is 0.0869. The summed E-state index contributed by atoms with van der Waals surface area (Å²) in [6, 6.07) is 0. The number of carbonyl (C=O) groups excluding carboxylic acids is 1. The molecular weight excluding hydrogens is 204 g/mol. The number of rotatable bonds is 3. The highest BCUT2D eigenvalue weighted by Crippen LogP contribution is 2.06. The van der Waals surface area contributed by atoms with E-state index in [0.29, 0.717) is 10.7 Å². The van der Waals surface area contributed by atoms with E-state index in [-0.39, 0.29) is 12.5 Å². The Bertz CT molecular complexity index is 383. The summed E-state index contributed by atoms with van der Waals surface area (Å²) in [5, 5.41) is 6.60. The first-order valence-corrected chi connectivity index (χ1v) is 4.36. The van der Waals surface area contributed by atoms with Gasteiger partial charge in [-0.3, -0.25) is 9.36 Å². The predicted molar refractivity (Wildman–Crippen MR) is 53.7 cm³/mol. The maximum Gasteiger partial charge on any atom is 0.325 e. The molecule has 7 heteroatoms. The van der Waals surface area contributed by atoms with Gasteiger partial charge in [-0.15, -0.1) is 5.10 Å². The number of H-pyrrole nitrogens is 1. The van der Waals surface area contributed by atoms with Gasteiger partial charge in [0.1, 0.15) is 6.54 Å². The van der Waals surface area contributed by atoms with Crippen LogP contribution in [0.2, 0.25) is 0 Å². The van der Waals surface area contributed by atoms with E-state index >= 15 is 0 Å². The number of carbonyl (C=O) groups is 1. The maximum atomic E-state index is 11.0. The molecule has 78 valence electrons. The molecule has 0 radical (unpaired) electrons. The first-order chi connectivity index (χ1) is 6.56. The molecule has 0 aliphatic carbocycles. The number of hydrogen-bond donors (Lipinski definition) is 1. The average Bonchev–Trinajstić information content (AvgIpc) is 2.47. The van der Waals surface area contributed by atoms with Gasteiger partial charge in [0.25, 0.3) is 0 Å². The highest BCUT2D eigenvalue weighted by atomic mass is 32.1. The minimum absolute atomic E-state index is 0.143. The molecule has 0 saturated carbocycles. The molecule has 0 aliphatic heterocycles. The Kier molecular flexibility index (Phi) is 3.23. The van der Waals surface area contributed by atoms with Crippen LogP contribution in [0.3, 0.4) is 0 Å². The van der Waals surface area contributed by atoms with Gasteiger partial charge in [0.15, 0.2) is 4.77 Å². The van der Waals surface area contributed by atoms with Crippen LogP contribution >= 0.6 is 12.2 Å². The number of ether oxygens (including phenoxy) is 1. The summed E-state index contributed by atoms with van der Waals surface area (Å²) in [5.74, 6) is 0.279. The van der Waals surface area contributed by atoms with Crippen molar-refractivity contribution in [3.8, 4) is 0 Å². The molecule has 0 fully saturated rings. The van der Waals surface area contributed by atoms with E-state index in [1.54, 1.807) is 23.6 Å². The number of aromatic amines is 1. The standard InChI is InChI=1S/C7H12N4O2S/c1-10(4-5(12)13-3)6-8-9-7(14)11(6)2/h4H2,1-3H3,(H,9,14). The summed E-state index contributed by atoms with van der Waals surface area (Å²) in [5.41, 5.74) is 0. The lowest BCUT2D eigenvalue weighted by atomic mass is 10.6. The number of hydrogen-bond acceptors (Lipinski definition) is 5. The molecule has 0 aromatic carbocycles. The van der Waals surface area contributed by atoms with Crippen molar-refractivity contribution in [2.75, 3.05) is 25.6 Å². The highest BCUT2D eigenvalue weighted by molar-refractivity contribution is 7.71. The fraction of sp³-hybridized carbons (Fsp3) is 0.571. The smallest absolute Gasteiger partial charge is 0.325 e. The van der Waals surface area contributed by atoms with Gasteiger partial charge in [-0.05, 0) is 12.2 Å². The van der Waals surface area contributed by atoms with Crippen LogP contribution in [-0.2, 0) is 16.6 Å². The molecule has 0 aliphatic rings. The molecule has 0 bridgehead atoms. The van der Waals surface area contributed by atoms with Gasteiger partial charge in [0.05, 0.1) is 7.11 Å². The number of esters is 1. The van der Waals surface area contributed by atoms with Crippen LogP contribution in [0.25, 0.3) is 0 Å². The molecule has 14 heavy (non-hydrogen) atoms. The van der Waals surface area contributed by atoms with E-state index in [1.807, 2.05) is 0 Å². The van der Waals surface area contributed by atoms with Crippen molar-refractivity contribution in [1.82, 2.24) is 14.8 Å². The average molecular weight is 216 g/mol. The summed E-state index contributed by atoms with van der Waals surface area (Å²) < 4.78 is 6.72. The van der Waals surface area contributed by atoms with E-state index in [2.05, 4.69) is 14.9 Å². The zero-order chi connectivity index (χ0) is 10.7. The molecular formula is C7H12N4O2S. The molecule has 0 amide bonds. The molecule has 1 N–H and O–H groups in total. The van der Waals surface area contributed by atoms with E-state index in [0.717, 1.165) is 0 Å². The second-order valence-corrected chi connectivity index (χ2v) is 3.21. The molecule has 1 rings (SSSR count). The van der Waals surface area contributed by atoms with Gasteiger partial charge < -0.3 is 9.64 Å². The highest BCUT2D eigenvalue weighted by Gasteiger charge is 2.11. The number of likely N-dealkylation sites (N-methyl/N-ethyl adjacent to an activating group) is 1. The van der Waals surface area contributed by atoms with Crippen molar-refractivity contribution in [3.05, 3.63) is 4.77 Å². The normalized spacial score (nSPS) is 9.93. The largest absolute Gasteiger partial charge is 0.468 e. The van der Waals surface area contributed by atoms with E-state index in [4.69, 9.17) is 12.2 Å². The van der Waals surface area contributed by atoms with Crippen LogP contribution in [-0.4, -0.2) is 41.4 Å². The lowest BCUT2D eigenvalue weighted by Crippen LogP contribution is -2.28. The Morgan fingerprint density at radius 3 is 2.86 bits per heavy atom. The first kappa shape index (κ1) is 10.7. The second kappa shape index (κ2) is 4.23. The minimum Gasteiger partial charge on any atom is -0.468 e. The molecule has 0 atom stereocenters. The Morgan fingerprint density at radius 2 is 2.43 bits per heavy atom.